The van der Waals surface area contributed by atoms with Crippen LogP contribution in [0.4, 0.5) is 0 Å². The van der Waals surface area contributed by atoms with E-state index in [2.05, 4.69) is 16.6 Å². The van der Waals surface area contributed by atoms with E-state index in [-0.39, 0.29) is 11.1 Å². The lowest BCUT2D eigenvalue weighted by Crippen LogP contribution is -2.37. The third kappa shape index (κ3) is 2.78. The molecular weight excluding hydrogens is 262 g/mol. The normalized spacial score (nSPS) is 23.4. The third-order valence-electron chi connectivity index (χ3n) is 3.52. The van der Waals surface area contributed by atoms with Crippen LogP contribution in [-0.2, 0) is 4.79 Å². The Bertz CT molecular complexity index is 499. The van der Waals surface area contributed by atoms with Crippen molar-refractivity contribution in [2.75, 3.05) is 7.05 Å². The fourth-order valence-corrected chi connectivity index (χ4v) is 2.71. The minimum atomic E-state index is 0.0304. The molecule has 0 saturated heterocycles. The van der Waals surface area contributed by atoms with E-state index in [9.17, 15) is 4.79 Å². The molecular formula is C14H18ClN3O. The highest BCUT2D eigenvalue weighted by atomic mass is 35.5. The average molecular weight is 280 g/mol. The molecule has 0 aromatic heterocycles. The molecule has 102 valence electrons. The quantitative estimate of drug-likeness (QED) is 0.443. The Morgan fingerprint density at radius 2 is 2.11 bits per heavy atom. The standard InChI is InChI=1S/C14H18ClN3O/c1-9-8-12(10(2)19)18(11-6-4-5-7-11)13(9)17-14(15)16-3/h8,11H,1,4-7H2,2-3H3/b16-14?,17-13+. The van der Waals surface area contributed by atoms with E-state index in [1.54, 1.807) is 20.0 Å². The number of aliphatic imine (C=N–C) groups is 2. The highest BCUT2D eigenvalue weighted by Gasteiger charge is 2.34. The van der Waals surface area contributed by atoms with Gasteiger partial charge in [-0.2, -0.15) is 0 Å². The zero-order chi connectivity index (χ0) is 14.0. The van der Waals surface area contributed by atoms with Crippen molar-refractivity contribution in [3.05, 3.63) is 23.9 Å². The smallest absolute Gasteiger partial charge is 0.219 e. The molecule has 0 spiro atoms. The molecule has 0 aromatic carbocycles. The molecule has 0 atom stereocenters. The van der Waals surface area contributed by atoms with Gasteiger partial charge in [0.05, 0.1) is 5.70 Å². The molecule has 0 unspecified atom stereocenters. The van der Waals surface area contributed by atoms with Gasteiger partial charge in [-0.3, -0.25) is 9.79 Å². The molecule has 0 amide bonds. The van der Waals surface area contributed by atoms with E-state index in [4.69, 9.17) is 11.6 Å². The summed E-state index contributed by atoms with van der Waals surface area (Å²) in [6.07, 6.45) is 6.29. The first-order valence-corrected chi connectivity index (χ1v) is 6.84. The molecule has 1 fully saturated rings. The van der Waals surface area contributed by atoms with Crippen molar-refractivity contribution in [3.63, 3.8) is 0 Å². The van der Waals surface area contributed by atoms with Crippen LogP contribution in [0.2, 0.25) is 0 Å². The summed E-state index contributed by atoms with van der Waals surface area (Å²) in [5, 5.41) is 0.178. The molecule has 4 nitrogen and oxygen atoms in total. The highest BCUT2D eigenvalue weighted by Crippen LogP contribution is 2.32. The number of halogens is 1. The zero-order valence-electron chi connectivity index (χ0n) is 11.3. The lowest BCUT2D eigenvalue weighted by molar-refractivity contribution is -0.114. The lowest BCUT2D eigenvalue weighted by atomic mass is 10.2. The number of carbonyl (C=O) groups is 1. The van der Waals surface area contributed by atoms with Gasteiger partial charge in [0, 0.05) is 25.6 Å². The molecule has 0 aromatic rings. The van der Waals surface area contributed by atoms with Crippen LogP contribution >= 0.6 is 11.6 Å². The van der Waals surface area contributed by atoms with Crippen LogP contribution in [-0.4, -0.2) is 34.9 Å². The zero-order valence-corrected chi connectivity index (χ0v) is 12.1. The van der Waals surface area contributed by atoms with E-state index in [0.29, 0.717) is 17.6 Å². The number of hydrogen-bond acceptors (Lipinski definition) is 2. The van der Waals surface area contributed by atoms with Crippen molar-refractivity contribution in [1.82, 2.24) is 4.90 Å². The Labute approximate surface area is 118 Å². The Balaban J connectivity index is 2.39. The highest BCUT2D eigenvalue weighted by molar-refractivity contribution is 6.65. The van der Waals surface area contributed by atoms with Gasteiger partial charge in [0.15, 0.2) is 5.78 Å². The number of Topliss-reactive ketones (excluding diaryl/α,β-unsaturated/α-hetero) is 1. The monoisotopic (exact) mass is 279 g/mol. The van der Waals surface area contributed by atoms with Gasteiger partial charge in [-0.15, -0.1) is 0 Å². The van der Waals surface area contributed by atoms with Gasteiger partial charge < -0.3 is 4.90 Å². The molecule has 1 aliphatic carbocycles. The van der Waals surface area contributed by atoms with Crippen LogP contribution in [0.5, 0.6) is 0 Å². The number of ketones is 1. The number of allylic oxidation sites excluding steroid dienone is 1. The maximum atomic E-state index is 11.8. The van der Waals surface area contributed by atoms with Gasteiger partial charge in [-0.25, -0.2) is 4.99 Å². The van der Waals surface area contributed by atoms with Gasteiger partial charge in [0.2, 0.25) is 5.29 Å². The molecule has 1 heterocycles. The van der Waals surface area contributed by atoms with Crippen LogP contribution in [0.3, 0.4) is 0 Å². The molecule has 0 N–H and O–H groups in total. The Hall–Kier alpha value is -1.42. The number of nitrogens with zero attached hydrogens (tertiary/aromatic N) is 3. The fraction of sp³-hybridized carbons (Fsp3) is 0.500. The number of rotatable bonds is 2. The molecule has 5 heteroatoms. The van der Waals surface area contributed by atoms with Crippen LogP contribution in [0, 0.1) is 0 Å². The molecule has 0 bridgehead atoms. The molecule has 2 aliphatic rings. The Kier molecular flexibility index (Phi) is 4.20. The lowest BCUT2D eigenvalue weighted by Gasteiger charge is -2.28. The van der Waals surface area contributed by atoms with E-state index in [1.807, 2.05) is 4.90 Å². The molecule has 19 heavy (non-hydrogen) atoms. The van der Waals surface area contributed by atoms with Gasteiger partial charge in [-0.1, -0.05) is 19.4 Å². The van der Waals surface area contributed by atoms with Crippen molar-refractivity contribution >= 4 is 28.5 Å². The SMILES string of the molecule is C=C1C=C(C(C)=O)N(C2CCCC2)/C1=N/C(Cl)=NC. The largest absolute Gasteiger partial charge is 0.320 e. The number of carbonyl (C=O) groups excluding carboxylic acids is 1. The van der Waals surface area contributed by atoms with Crippen molar-refractivity contribution in [2.45, 2.75) is 38.6 Å². The predicted octanol–water partition coefficient (Wildman–Crippen LogP) is 2.90. The maximum absolute atomic E-state index is 11.8. The average Bonchev–Trinajstić information content (AvgIpc) is 2.98. The predicted molar refractivity (Wildman–Crippen MR) is 78.6 cm³/mol. The minimum absolute atomic E-state index is 0.0304. The first-order valence-electron chi connectivity index (χ1n) is 6.46. The minimum Gasteiger partial charge on any atom is -0.320 e. The van der Waals surface area contributed by atoms with Crippen molar-refractivity contribution in [1.29, 1.82) is 0 Å². The first kappa shape index (κ1) is 14.0. The fourth-order valence-electron chi connectivity index (χ4n) is 2.63. The van der Waals surface area contributed by atoms with Crippen molar-refractivity contribution in [3.8, 4) is 0 Å². The first-order chi connectivity index (χ1) is 9.04. The van der Waals surface area contributed by atoms with Crippen molar-refractivity contribution < 1.29 is 4.79 Å². The van der Waals surface area contributed by atoms with Gasteiger partial charge in [0.25, 0.3) is 0 Å². The summed E-state index contributed by atoms with van der Waals surface area (Å²) in [6, 6.07) is 0.314. The van der Waals surface area contributed by atoms with Gasteiger partial charge in [-0.05, 0) is 30.5 Å². The van der Waals surface area contributed by atoms with Crippen molar-refractivity contribution in [2.24, 2.45) is 9.98 Å². The van der Waals surface area contributed by atoms with Gasteiger partial charge in [0.1, 0.15) is 5.84 Å². The Morgan fingerprint density at radius 1 is 1.47 bits per heavy atom. The van der Waals surface area contributed by atoms with Crippen LogP contribution in [0.15, 0.2) is 33.9 Å². The van der Waals surface area contributed by atoms with E-state index >= 15 is 0 Å². The number of amidine groups is 2. The van der Waals surface area contributed by atoms with Crippen LogP contribution in [0.1, 0.15) is 32.6 Å². The second-order valence-corrected chi connectivity index (χ2v) is 5.19. The van der Waals surface area contributed by atoms with E-state index in [1.165, 1.54) is 12.8 Å². The molecule has 0 radical (unpaired) electrons. The summed E-state index contributed by atoms with van der Waals surface area (Å²) in [5.41, 5.74) is 1.38. The van der Waals surface area contributed by atoms with Crippen LogP contribution < -0.4 is 0 Å². The second kappa shape index (κ2) is 5.70. The van der Waals surface area contributed by atoms with E-state index < -0.39 is 0 Å². The number of hydrogen-bond donors (Lipinski definition) is 0. The Morgan fingerprint density at radius 3 is 2.63 bits per heavy atom. The van der Waals surface area contributed by atoms with E-state index in [0.717, 1.165) is 18.4 Å². The summed E-state index contributed by atoms with van der Waals surface area (Å²) >= 11 is 5.90. The topological polar surface area (TPSA) is 45.0 Å². The summed E-state index contributed by atoms with van der Waals surface area (Å²) in [7, 11) is 1.59. The van der Waals surface area contributed by atoms with Crippen LogP contribution in [0.25, 0.3) is 0 Å². The molecule has 1 saturated carbocycles. The second-order valence-electron chi connectivity index (χ2n) is 4.85. The summed E-state index contributed by atoms with van der Waals surface area (Å²) in [6.45, 7) is 5.53. The molecule has 1 aliphatic heterocycles. The summed E-state index contributed by atoms with van der Waals surface area (Å²) in [5.74, 6) is 0.690. The molecule has 2 rings (SSSR count). The summed E-state index contributed by atoms with van der Waals surface area (Å²) in [4.78, 5) is 21.9. The van der Waals surface area contributed by atoms with Gasteiger partial charge >= 0.3 is 0 Å². The maximum Gasteiger partial charge on any atom is 0.219 e. The summed E-state index contributed by atoms with van der Waals surface area (Å²) < 4.78 is 0. The third-order valence-corrected chi connectivity index (χ3v) is 3.77.